The lowest BCUT2D eigenvalue weighted by atomic mass is 10.1. The SMILES string of the molecule is CCCCN=CCC(=O)c1ccccc1. The molecule has 0 spiro atoms. The largest absolute Gasteiger partial charge is 0.297 e. The Bertz CT molecular complexity index is 317. The van der Waals surface area contributed by atoms with Crippen LogP contribution in [0.1, 0.15) is 36.5 Å². The second kappa shape index (κ2) is 6.93. The van der Waals surface area contributed by atoms with Crippen LogP contribution >= 0.6 is 0 Å². The molecule has 0 radical (unpaired) electrons. The number of aliphatic imine (C=N–C) groups is 1. The molecule has 0 saturated heterocycles. The van der Waals surface area contributed by atoms with E-state index < -0.39 is 0 Å². The first-order valence-corrected chi connectivity index (χ1v) is 5.41. The van der Waals surface area contributed by atoms with Crippen molar-refractivity contribution in [3.63, 3.8) is 0 Å². The maximum Gasteiger partial charge on any atom is 0.168 e. The Labute approximate surface area is 91.0 Å². The minimum Gasteiger partial charge on any atom is -0.297 e. The van der Waals surface area contributed by atoms with Gasteiger partial charge in [0.2, 0.25) is 0 Å². The van der Waals surface area contributed by atoms with E-state index in [0.29, 0.717) is 6.42 Å². The monoisotopic (exact) mass is 203 g/mol. The van der Waals surface area contributed by atoms with E-state index in [0.717, 1.165) is 24.9 Å². The van der Waals surface area contributed by atoms with E-state index in [2.05, 4.69) is 11.9 Å². The maximum atomic E-state index is 11.6. The number of ketones is 1. The van der Waals surface area contributed by atoms with E-state index in [4.69, 9.17) is 0 Å². The van der Waals surface area contributed by atoms with Crippen LogP contribution < -0.4 is 0 Å². The molecule has 0 atom stereocenters. The molecule has 0 amide bonds. The molecule has 0 aliphatic carbocycles. The van der Waals surface area contributed by atoms with E-state index >= 15 is 0 Å². The molecule has 0 aromatic heterocycles. The molecule has 0 saturated carbocycles. The summed E-state index contributed by atoms with van der Waals surface area (Å²) in [6, 6.07) is 9.33. The number of benzene rings is 1. The van der Waals surface area contributed by atoms with E-state index in [-0.39, 0.29) is 5.78 Å². The Balaban J connectivity index is 2.34. The third kappa shape index (κ3) is 4.54. The summed E-state index contributed by atoms with van der Waals surface area (Å²) in [5.41, 5.74) is 0.763. The van der Waals surface area contributed by atoms with Gasteiger partial charge in [0, 0.05) is 24.7 Å². The standard InChI is InChI=1S/C13H17NO/c1-2-3-10-14-11-9-13(15)12-7-5-4-6-8-12/h4-8,11H,2-3,9-10H2,1H3. The Morgan fingerprint density at radius 1 is 1.33 bits per heavy atom. The van der Waals surface area contributed by atoms with Crippen molar-refractivity contribution in [3.8, 4) is 0 Å². The van der Waals surface area contributed by atoms with Crippen molar-refractivity contribution in [2.45, 2.75) is 26.2 Å². The van der Waals surface area contributed by atoms with Crippen molar-refractivity contribution in [2.75, 3.05) is 6.54 Å². The van der Waals surface area contributed by atoms with Crippen molar-refractivity contribution in [1.29, 1.82) is 0 Å². The second-order valence-corrected chi connectivity index (χ2v) is 3.44. The first-order valence-electron chi connectivity index (χ1n) is 5.41. The number of carbonyl (C=O) groups excluding carboxylic acids is 1. The van der Waals surface area contributed by atoms with Crippen molar-refractivity contribution in [3.05, 3.63) is 35.9 Å². The Morgan fingerprint density at radius 3 is 2.73 bits per heavy atom. The van der Waals surface area contributed by atoms with E-state index in [1.54, 1.807) is 6.21 Å². The molecule has 0 N–H and O–H groups in total. The molecule has 0 bridgehead atoms. The molecule has 0 aliphatic rings. The zero-order valence-electron chi connectivity index (χ0n) is 9.15. The fourth-order valence-electron chi connectivity index (χ4n) is 1.23. The van der Waals surface area contributed by atoms with Gasteiger partial charge in [0.1, 0.15) is 0 Å². The number of unbranched alkanes of at least 4 members (excludes halogenated alkanes) is 1. The molecular formula is C13H17NO. The van der Waals surface area contributed by atoms with Crippen molar-refractivity contribution in [1.82, 2.24) is 0 Å². The van der Waals surface area contributed by atoms with Crippen LogP contribution in [0.25, 0.3) is 0 Å². The predicted molar refractivity (Wildman–Crippen MR) is 63.7 cm³/mol. The molecule has 80 valence electrons. The summed E-state index contributed by atoms with van der Waals surface area (Å²) in [5, 5.41) is 0. The average Bonchev–Trinajstić information content (AvgIpc) is 2.30. The molecule has 0 heterocycles. The quantitative estimate of drug-likeness (QED) is 0.397. The van der Waals surface area contributed by atoms with Crippen LogP contribution in [0.2, 0.25) is 0 Å². The van der Waals surface area contributed by atoms with Crippen LogP contribution in [0.4, 0.5) is 0 Å². The summed E-state index contributed by atoms with van der Waals surface area (Å²) in [4.78, 5) is 15.8. The van der Waals surface area contributed by atoms with Gasteiger partial charge in [-0.2, -0.15) is 0 Å². The highest BCUT2D eigenvalue weighted by Gasteiger charge is 2.01. The highest BCUT2D eigenvalue weighted by atomic mass is 16.1. The lowest BCUT2D eigenvalue weighted by Gasteiger charge is -1.95. The van der Waals surface area contributed by atoms with Gasteiger partial charge >= 0.3 is 0 Å². The topological polar surface area (TPSA) is 29.4 Å². The summed E-state index contributed by atoms with van der Waals surface area (Å²) in [6.45, 7) is 2.96. The molecule has 1 rings (SSSR count). The lowest BCUT2D eigenvalue weighted by Crippen LogP contribution is -1.99. The van der Waals surface area contributed by atoms with Crippen LogP contribution in [-0.4, -0.2) is 18.5 Å². The Morgan fingerprint density at radius 2 is 2.07 bits per heavy atom. The van der Waals surface area contributed by atoms with Gasteiger partial charge in [-0.1, -0.05) is 43.7 Å². The van der Waals surface area contributed by atoms with Crippen molar-refractivity contribution < 1.29 is 4.79 Å². The maximum absolute atomic E-state index is 11.6. The molecule has 2 nitrogen and oxygen atoms in total. The number of hydrogen-bond donors (Lipinski definition) is 0. The van der Waals surface area contributed by atoms with Gasteiger partial charge in [-0.3, -0.25) is 9.79 Å². The molecule has 0 aliphatic heterocycles. The highest BCUT2D eigenvalue weighted by molar-refractivity contribution is 6.03. The van der Waals surface area contributed by atoms with Crippen LogP contribution in [0.15, 0.2) is 35.3 Å². The average molecular weight is 203 g/mol. The molecule has 1 aromatic carbocycles. The fourth-order valence-corrected chi connectivity index (χ4v) is 1.23. The molecule has 0 fully saturated rings. The molecular weight excluding hydrogens is 186 g/mol. The number of nitrogens with zero attached hydrogens (tertiary/aromatic N) is 1. The molecule has 0 unspecified atom stereocenters. The van der Waals surface area contributed by atoms with Gasteiger partial charge in [0.25, 0.3) is 0 Å². The third-order valence-electron chi connectivity index (χ3n) is 2.14. The zero-order valence-corrected chi connectivity index (χ0v) is 9.15. The Hall–Kier alpha value is -1.44. The second-order valence-electron chi connectivity index (χ2n) is 3.44. The molecule has 1 aromatic rings. The van der Waals surface area contributed by atoms with Crippen LogP contribution in [-0.2, 0) is 0 Å². The number of rotatable bonds is 6. The predicted octanol–water partition coefficient (Wildman–Crippen LogP) is 3.13. The van der Waals surface area contributed by atoms with Crippen LogP contribution in [0, 0.1) is 0 Å². The Kier molecular flexibility index (Phi) is 5.38. The van der Waals surface area contributed by atoms with Crippen LogP contribution in [0.5, 0.6) is 0 Å². The van der Waals surface area contributed by atoms with E-state index in [1.807, 2.05) is 30.3 Å². The van der Waals surface area contributed by atoms with Gasteiger partial charge in [-0.05, 0) is 6.42 Å². The minimum atomic E-state index is 0.135. The van der Waals surface area contributed by atoms with Crippen LogP contribution in [0.3, 0.4) is 0 Å². The van der Waals surface area contributed by atoms with E-state index in [9.17, 15) is 4.79 Å². The lowest BCUT2D eigenvalue weighted by molar-refractivity contribution is 0.100. The first kappa shape index (κ1) is 11.6. The first-order chi connectivity index (χ1) is 7.34. The van der Waals surface area contributed by atoms with E-state index in [1.165, 1.54) is 0 Å². The highest BCUT2D eigenvalue weighted by Crippen LogP contribution is 2.01. The number of carbonyl (C=O) groups is 1. The summed E-state index contributed by atoms with van der Waals surface area (Å²) in [7, 11) is 0. The summed E-state index contributed by atoms with van der Waals surface area (Å²) >= 11 is 0. The molecule has 2 heteroatoms. The zero-order chi connectivity index (χ0) is 10.9. The van der Waals surface area contributed by atoms with Gasteiger partial charge < -0.3 is 0 Å². The molecule has 15 heavy (non-hydrogen) atoms. The summed E-state index contributed by atoms with van der Waals surface area (Å²) in [6.07, 6.45) is 4.37. The van der Waals surface area contributed by atoms with Gasteiger partial charge in [0.15, 0.2) is 5.78 Å². The number of Topliss-reactive ketones (excluding diaryl/α,β-unsaturated/α-hetero) is 1. The smallest absolute Gasteiger partial charge is 0.168 e. The normalized spacial score (nSPS) is 10.7. The van der Waals surface area contributed by atoms with Gasteiger partial charge in [-0.15, -0.1) is 0 Å². The summed E-state index contributed by atoms with van der Waals surface area (Å²) in [5.74, 6) is 0.135. The number of hydrogen-bond acceptors (Lipinski definition) is 2. The van der Waals surface area contributed by atoms with Gasteiger partial charge in [-0.25, -0.2) is 0 Å². The van der Waals surface area contributed by atoms with Gasteiger partial charge in [0.05, 0.1) is 0 Å². The minimum absolute atomic E-state index is 0.135. The van der Waals surface area contributed by atoms with Crippen molar-refractivity contribution >= 4 is 12.0 Å². The third-order valence-corrected chi connectivity index (χ3v) is 2.14. The fraction of sp³-hybridized carbons (Fsp3) is 0.385. The summed E-state index contributed by atoms with van der Waals surface area (Å²) < 4.78 is 0. The van der Waals surface area contributed by atoms with Crippen molar-refractivity contribution in [2.24, 2.45) is 4.99 Å².